The van der Waals surface area contributed by atoms with Crippen LogP contribution in [0.4, 0.5) is 0 Å². The molecule has 2 atom stereocenters. The van der Waals surface area contributed by atoms with Gasteiger partial charge in [-0.05, 0) is 18.1 Å². The third-order valence-corrected chi connectivity index (χ3v) is 4.05. The van der Waals surface area contributed by atoms with Crippen molar-refractivity contribution in [3.05, 3.63) is 84.4 Å². The predicted molar refractivity (Wildman–Crippen MR) is 92.2 cm³/mol. The van der Waals surface area contributed by atoms with Crippen LogP contribution < -0.4 is 5.32 Å². The second kappa shape index (κ2) is 7.55. The zero-order chi connectivity index (χ0) is 16.8. The highest BCUT2D eigenvalue weighted by molar-refractivity contribution is 5.83. The first-order valence-electron chi connectivity index (χ1n) is 7.96. The Morgan fingerprint density at radius 3 is 2.25 bits per heavy atom. The third kappa shape index (κ3) is 3.87. The number of carbonyl (C=O) groups excluding carboxylic acids is 1. The second-order valence-corrected chi connectivity index (χ2v) is 5.72. The van der Waals surface area contributed by atoms with Crippen LogP contribution in [0.5, 0.6) is 0 Å². The minimum Gasteiger partial charge on any atom is -0.347 e. The van der Waals surface area contributed by atoms with Gasteiger partial charge in [0.15, 0.2) is 0 Å². The number of benzene rings is 2. The first-order chi connectivity index (χ1) is 11.7. The minimum atomic E-state index is -0.215. The summed E-state index contributed by atoms with van der Waals surface area (Å²) in [4.78, 5) is 16.7. The van der Waals surface area contributed by atoms with Crippen LogP contribution in [0.2, 0.25) is 0 Å². The second-order valence-electron chi connectivity index (χ2n) is 5.72. The minimum absolute atomic E-state index is 0.00447. The molecule has 2 aromatic carbocycles. The Morgan fingerprint density at radius 2 is 1.67 bits per heavy atom. The molecule has 5 nitrogen and oxygen atoms in total. The van der Waals surface area contributed by atoms with E-state index in [4.69, 9.17) is 0 Å². The van der Waals surface area contributed by atoms with E-state index >= 15 is 0 Å². The summed E-state index contributed by atoms with van der Waals surface area (Å²) in [5.41, 5.74) is 2.05. The molecule has 1 amide bonds. The molecule has 0 radical (unpaired) electrons. The van der Waals surface area contributed by atoms with Gasteiger partial charge in [0, 0.05) is 0 Å². The Kier molecular flexibility index (Phi) is 5.01. The van der Waals surface area contributed by atoms with Gasteiger partial charge in [0.25, 0.3) is 0 Å². The predicted octanol–water partition coefficient (Wildman–Crippen LogP) is 2.94. The van der Waals surface area contributed by atoms with Crippen molar-refractivity contribution in [1.29, 1.82) is 0 Å². The van der Waals surface area contributed by atoms with Crippen molar-refractivity contribution in [3.63, 3.8) is 0 Å². The highest BCUT2D eigenvalue weighted by Crippen LogP contribution is 2.19. The first-order valence-corrected chi connectivity index (χ1v) is 7.96. The van der Waals surface area contributed by atoms with Gasteiger partial charge in [-0.3, -0.25) is 9.48 Å². The van der Waals surface area contributed by atoms with Gasteiger partial charge < -0.3 is 5.32 Å². The van der Waals surface area contributed by atoms with Crippen molar-refractivity contribution in [1.82, 2.24) is 20.1 Å². The summed E-state index contributed by atoms with van der Waals surface area (Å²) in [6.45, 7) is 2.46. The van der Waals surface area contributed by atoms with Crippen LogP contribution >= 0.6 is 0 Å². The summed E-state index contributed by atoms with van der Waals surface area (Å²) in [7, 11) is 0. The standard InChI is InChI=1S/C19H20N4O/c1-15(16-8-4-2-5-9-16)19(24)22-18(12-23-14-20-13-21-23)17-10-6-3-7-11-17/h2-11,13-15,18H,12H2,1H3,(H,22,24)/t15-,18+/m0/s1. The normalized spacial score (nSPS) is 13.2. The van der Waals surface area contributed by atoms with Gasteiger partial charge in [-0.2, -0.15) is 5.10 Å². The maximum atomic E-state index is 12.7. The molecule has 5 heteroatoms. The molecule has 3 rings (SSSR count). The van der Waals surface area contributed by atoms with E-state index in [1.54, 1.807) is 11.0 Å². The van der Waals surface area contributed by atoms with E-state index in [0.717, 1.165) is 11.1 Å². The molecule has 1 N–H and O–H groups in total. The maximum Gasteiger partial charge on any atom is 0.227 e. The Balaban J connectivity index is 1.77. The van der Waals surface area contributed by atoms with Gasteiger partial charge in [-0.1, -0.05) is 60.7 Å². The highest BCUT2D eigenvalue weighted by Gasteiger charge is 2.20. The zero-order valence-corrected chi connectivity index (χ0v) is 13.5. The smallest absolute Gasteiger partial charge is 0.227 e. The summed E-state index contributed by atoms with van der Waals surface area (Å²) in [6, 6.07) is 19.5. The van der Waals surface area contributed by atoms with E-state index in [-0.39, 0.29) is 17.9 Å². The largest absolute Gasteiger partial charge is 0.347 e. The van der Waals surface area contributed by atoms with Crippen LogP contribution in [0, 0.1) is 0 Å². The molecule has 122 valence electrons. The van der Waals surface area contributed by atoms with Crippen molar-refractivity contribution in [2.24, 2.45) is 0 Å². The molecular formula is C19H20N4O. The van der Waals surface area contributed by atoms with Gasteiger partial charge >= 0.3 is 0 Å². The Labute approximate surface area is 141 Å². The van der Waals surface area contributed by atoms with E-state index in [0.29, 0.717) is 6.54 Å². The Hall–Kier alpha value is -2.95. The number of rotatable bonds is 6. The lowest BCUT2D eigenvalue weighted by atomic mass is 9.99. The summed E-state index contributed by atoms with van der Waals surface area (Å²) in [5, 5.41) is 7.29. The average molecular weight is 320 g/mol. The Morgan fingerprint density at radius 1 is 1.04 bits per heavy atom. The molecule has 0 spiro atoms. The monoisotopic (exact) mass is 320 g/mol. The van der Waals surface area contributed by atoms with Crippen LogP contribution in [0.15, 0.2) is 73.3 Å². The van der Waals surface area contributed by atoms with Gasteiger partial charge in [-0.15, -0.1) is 0 Å². The molecule has 0 fully saturated rings. The number of hydrogen-bond donors (Lipinski definition) is 1. The van der Waals surface area contributed by atoms with Crippen molar-refractivity contribution in [2.45, 2.75) is 25.4 Å². The summed E-state index contributed by atoms with van der Waals surface area (Å²) in [5.74, 6) is -0.219. The summed E-state index contributed by atoms with van der Waals surface area (Å²) >= 11 is 0. The molecule has 1 aromatic heterocycles. The van der Waals surface area contributed by atoms with Crippen LogP contribution in [-0.4, -0.2) is 20.7 Å². The number of amides is 1. The lowest BCUT2D eigenvalue weighted by molar-refractivity contribution is -0.123. The van der Waals surface area contributed by atoms with Crippen LogP contribution in [-0.2, 0) is 11.3 Å². The van der Waals surface area contributed by atoms with Crippen LogP contribution in [0.1, 0.15) is 30.0 Å². The first kappa shape index (κ1) is 15.9. The molecule has 0 aliphatic heterocycles. The van der Waals surface area contributed by atoms with Crippen molar-refractivity contribution in [3.8, 4) is 0 Å². The van der Waals surface area contributed by atoms with Crippen molar-refractivity contribution in [2.75, 3.05) is 0 Å². The molecule has 24 heavy (non-hydrogen) atoms. The lowest BCUT2D eigenvalue weighted by Crippen LogP contribution is -2.34. The molecule has 0 saturated heterocycles. The van der Waals surface area contributed by atoms with Crippen molar-refractivity contribution < 1.29 is 4.79 Å². The molecule has 0 aliphatic rings. The average Bonchev–Trinajstić information content (AvgIpc) is 3.15. The topological polar surface area (TPSA) is 59.8 Å². The lowest BCUT2D eigenvalue weighted by Gasteiger charge is -2.21. The zero-order valence-electron chi connectivity index (χ0n) is 13.5. The molecule has 3 aromatic rings. The van der Waals surface area contributed by atoms with E-state index in [1.807, 2.05) is 67.6 Å². The van der Waals surface area contributed by atoms with Gasteiger partial charge in [-0.25, -0.2) is 4.98 Å². The van der Waals surface area contributed by atoms with E-state index in [9.17, 15) is 4.79 Å². The number of nitrogens with zero attached hydrogens (tertiary/aromatic N) is 3. The molecule has 0 aliphatic carbocycles. The highest BCUT2D eigenvalue weighted by atomic mass is 16.1. The number of hydrogen-bond acceptors (Lipinski definition) is 3. The fourth-order valence-corrected chi connectivity index (χ4v) is 2.62. The van der Waals surface area contributed by atoms with Gasteiger partial charge in [0.2, 0.25) is 5.91 Å². The molecule has 0 bridgehead atoms. The fourth-order valence-electron chi connectivity index (χ4n) is 2.62. The van der Waals surface area contributed by atoms with Gasteiger partial charge in [0.1, 0.15) is 12.7 Å². The molecule has 0 unspecified atom stereocenters. The van der Waals surface area contributed by atoms with E-state index in [2.05, 4.69) is 15.4 Å². The number of carbonyl (C=O) groups is 1. The Bertz CT molecular complexity index is 757. The number of nitrogens with one attached hydrogen (secondary N) is 1. The van der Waals surface area contributed by atoms with Gasteiger partial charge in [0.05, 0.1) is 18.5 Å². The maximum absolute atomic E-state index is 12.7. The van der Waals surface area contributed by atoms with Crippen molar-refractivity contribution >= 4 is 5.91 Å². The summed E-state index contributed by atoms with van der Waals surface area (Å²) in [6.07, 6.45) is 3.15. The molecule has 1 heterocycles. The quantitative estimate of drug-likeness (QED) is 0.759. The number of aromatic nitrogens is 3. The fraction of sp³-hybridized carbons (Fsp3) is 0.211. The van der Waals surface area contributed by atoms with Crippen LogP contribution in [0.3, 0.4) is 0 Å². The molecule has 0 saturated carbocycles. The molecular weight excluding hydrogens is 300 g/mol. The van der Waals surface area contributed by atoms with Crippen LogP contribution in [0.25, 0.3) is 0 Å². The van der Waals surface area contributed by atoms with E-state index < -0.39 is 0 Å². The summed E-state index contributed by atoms with van der Waals surface area (Å²) < 4.78 is 1.73. The SMILES string of the molecule is C[C@H](C(=O)N[C@H](Cn1cncn1)c1ccccc1)c1ccccc1. The third-order valence-electron chi connectivity index (χ3n) is 4.05. The van der Waals surface area contributed by atoms with E-state index in [1.165, 1.54) is 6.33 Å².